The molecule has 0 spiro atoms. The predicted octanol–water partition coefficient (Wildman–Crippen LogP) is 8.78. The Bertz CT molecular complexity index is 1780. The maximum absolute atomic E-state index is 6.75. The number of fused-ring (bicyclic) bond motifs is 2. The zero-order valence-electron chi connectivity index (χ0n) is 21.3. The van der Waals surface area contributed by atoms with Crippen molar-refractivity contribution in [3.8, 4) is 22.3 Å². The van der Waals surface area contributed by atoms with Gasteiger partial charge in [-0.15, -0.1) is 0 Å². The zero-order chi connectivity index (χ0) is 26.0. The summed E-state index contributed by atoms with van der Waals surface area (Å²) in [6, 6.07) is 40.9. The van der Waals surface area contributed by atoms with E-state index in [0.29, 0.717) is 0 Å². The minimum Gasteiger partial charge on any atom is -0.219 e. The van der Waals surface area contributed by atoms with Crippen LogP contribution >= 0.6 is 9.24 Å². The van der Waals surface area contributed by atoms with E-state index in [1.807, 2.05) is 0 Å². The molecule has 5 atom stereocenters. The van der Waals surface area contributed by atoms with Gasteiger partial charge in [0.2, 0.25) is 0 Å². The SMILES string of the molecule is PC12OOC(c3ccccc3)(c3c1c(-c1ccccc1)c1ccccc1c3-c1ccccc1)C1C=CC=CC12. The van der Waals surface area contributed by atoms with E-state index >= 15 is 0 Å². The third-order valence-corrected chi connectivity index (χ3v) is 9.49. The lowest BCUT2D eigenvalue weighted by atomic mass is 9.57. The topological polar surface area (TPSA) is 18.5 Å². The molecule has 0 radical (unpaired) electrons. The van der Waals surface area contributed by atoms with E-state index in [1.165, 1.54) is 44.2 Å². The van der Waals surface area contributed by atoms with Gasteiger partial charge in [0.25, 0.3) is 0 Å². The molecule has 1 saturated heterocycles. The highest BCUT2D eigenvalue weighted by Crippen LogP contribution is 2.69. The van der Waals surface area contributed by atoms with Crippen molar-refractivity contribution in [2.45, 2.75) is 10.9 Å². The number of benzene rings is 5. The van der Waals surface area contributed by atoms with Crippen molar-refractivity contribution >= 4 is 20.0 Å². The monoisotopic (exact) mass is 522 g/mol. The number of allylic oxidation sites excluding steroid dienone is 2. The fraction of sp³-hybridized carbons (Fsp3) is 0.111. The van der Waals surface area contributed by atoms with E-state index in [-0.39, 0.29) is 11.8 Å². The van der Waals surface area contributed by atoms with Crippen LogP contribution in [0.1, 0.15) is 16.7 Å². The molecule has 188 valence electrons. The molecule has 0 N–H and O–H groups in total. The lowest BCUT2D eigenvalue weighted by Crippen LogP contribution is -2.59. The van der Waals surface area contributed by atoms with Gasteiger partial charge in [-0.2, -0.15) is 0 Å². The van der Waals surface area contributed by atoms with Crippen molar-refractivity contribution in [3.05, 3.63) is 156 Å². The molecule has 4 aliphatic rings. The Morgan fingerprint density at radius 2 is 1.00 bits per heavy atom. The Morgan fingerprint density at radius 3 is 1.59 bits per heavy atom. The van der Waals surface area contributed by atoms with Crippen molar-refractivity contribution in [1.82, 2.24) is 0 Å². The van der Waals surface area contributed by atoms with Gasteiger partial charge in [-0.3, -0.25) is 0 Å². The van der Waals surface area contributed by atoms with E-state index in [0.717, 1.165) is 5.56 Å². The van der Waals surface area contributed by atoms with Crippen LogP contribution in [0.4, 0.5) is 0 Å². The molecular formula is C36H27O2P. The minimum absolute atomic E-state index is 0.0518. The third-order valence-electron chi connectivity index (χ3n) is 8.72. The highest BCUT2D eigenvalue weighted by atomic mass is 31.0. The van der Waals surface area contributed by atoms with Gasteiger partial charge in [0.1, 0.15) is 5.34 Å². The lowest BCUT2D eigenvalue weighted by molar-refractivity contribution is -0.450. The number of hydrogen-bond acceptors (Lipinski definition) is 2. The van der Waals surface area contributed by atoms with Crippen LogP contribution in [0, 0.1) is 11.8 Å². The number of rotatable bonds is 3. The molecule has 2 nitrogen and oxygen atoms in total. The molecule has 0 amide bonds. The molecule has 0 saturated carbocycles. The Hall–Kier alpha value is -3.81. The Morgan fingerprint density at radius 1 is 0.513 bits per heavy atom. The Kier molecular flexibility index (Phi) is 5.09. The average molecular weight is 523 g/mol. The van der Waals surface area contributed by atoms with Crippen molar-refractivity contribution in [1.29, 1.82) is 0 Å². The van der Waals surface area contributed by atoms with Crippen LogP contribution in [0.25, 0.3) is 33.0 Å². The summed E-state index contributed by atoms with van der Waals surface area (Å²) in [5, 5.41) is 1.67. The quantitative estimate of drug-likeness (QED) is 0.174. The molecule has 5 aromatic carbocycles. The van der Waals surface area contributed by atoms with Crippen molar-refractivity contribution < 1.29 is 9.78 Å². The van der Waals surface area contributed by atoms with Gasteiger partial charge < -0.3 is 0 Å². The zero-order valence-corrected chi connectivity index (χ0v) is 22.5. The first kappa shape index (κ1) is 23.1. The molecular weight excluding hydrogens is 495 g/mol. The van der Waals surface area contributed by atoms with Crippen LogP contribution in [0.5, 0.6) is 0 Å². The summed E-state index contributed by atoms with van der Waals surface area (Å²) in [5.41, 5.74) is 7.42. The predicted molar refractivity (Wildman–Crippen MR) is 161 cm³/mol. The average Bonchev–Trinajstić information content (AvgIpc) is 3.02. The van der Waals surface area contributed by atoms with Crippen LogP contribution in [-0.4, -0.2) is 0 Å². The first-order chi connectivity index (χ1) is 19.2. The Balaban J connectivity index is 1.65. The van der Waals surface area contributed by atoms with Gasteiger partial charge >= 0.3 is 0 Å². The largest absolute Gasteiger partial charge is 0.219 e. The maximum Gasteiger partial charge on any atom is 0.161 e. The molecule has 0 aromatic heterocycles. The van der Waals surface area contributed by atoms with Crippen molar-refractivity contribution in [2.24, 2.45) is 11.8 Å². The van der Waals surface area contributed by atoms with Crippen LogP contribution in [0.3, 0.4) is 0 Å². The normalized spacial score (nSPS) is 26.4. The summed E-state index contributed by atoms with van der Waals surface area (Å²) in [7, 11) is 3.09. The highest BCUT2D eigenvalue weighted by molar-refractivity contribution is 7.18. The van der Waals surface area contributed by atoms with E-state index in [2.05, 4.69) is 149 Å². The van der Waals surface area contributed by atoms with E-state index < -0.39 is 10.9 Å². The molecule has 2 aliphatic carbocycles. The molecule has 5 aromatic rings. The van der Waals surface area contributed by atoms with Gasteiger partial charge in [0.15, 0.2) is 5.60 Å². The van der Waals surface area contributed by atoms with Gasteiger partial charge in [-0.1, -0.05) is 149 Å². The van der Waals surface area contributed by atoms with E-state index in [1.54, 1.807) is 0 Å². The maximum atomic E-state index is 6.75. The second-order valence-electron chi connectivity index (χ2n) is 10.7. The highest BCUT2D eigenvalue weighted by Gasteiger charge is 2.66. The number of hydrogen-bond donors (Lipinski definition) is 0. The van der Waals surface area contributed by atoms with Crippen LogP contribution in [0.2, 0.25) is 0 Å². The van der Waals surface area contributed by atoms with Crippen LogP contribution < -0.4 is 0 Å². The fourth-order valence-electron chi connectivity index (χ4n) is 7.15. The summed E-state index contributed by atoms with van der Waals surface area (Å²) in [6.45, 7) is 0. The molecule has 5 unspecified atom stereocenters. The first-order valence-corrected chi connectivity index (χ1v) is 14.1. The van der Waals surface area contributed by atoms with E-state index in [4.69, 9.17) is 9.78 Å². The lowest BCUT2D eigenvalue weighted by Gasteiger charge is -2.60. The van der Waals surface area contributed by atoms with Gasteiger partial charge in [0, 0.05) is 23.0 Å². The smallest absolute Gasteiger partial charge is 0.161 e. The van der Waals surface area contributed by atoms with Crippen LogP contribution in [0.15, 0.2) is 140 Å². The molecule has 2 aliphatic heterocycles. The Labute approximate surface area is 230 Å². The summed E-state index contributed by atoms with van der Waals surface area (Å²) < 4.78 is 0. The summed E-state index contributed by atoms with van der Waals surface area (Å²) >= 11 is 0. The summed E-state index contributed by atoms with van der Waals surface area (Å²) in [5.74, 6) is 0.122. The van der Waals surface area contributed by atoms with Crippen LogP contribution in [-0.2, 0) is 20.7 Å². The minimum atomic E-state index is -0.834. The second-order valence-corrected chi connectivity index (χ2v) is 11.5. The molecule has 2 heterocycles. The third kappa shape index (κ3) is 3.08. The molecule has 39 heavy (non-hydrogen) atoms. The fourth-order valence-corrected chi connectivity index (χ4v) is 7.80. The van der Waals surface area contributed by atoms with Gasteiger partial charge in [0.05, 0.1) is 0 Å². The second kappa shape index (κ2) is 8.60. The van der Waals surface area contributed by atoms with E-state index in [9.17, 15) is 0 Å². The van der Waals surface area contributed by atoms with Crippen molar-refractivity contribution in [3.63, 3.8) is 0 Å². The summed E-state index contributed by atoms with van der Waals surface area (Å²) in [4.78, 5) is 13.3. The first-order valence-electron chi connectivity index (χ1n) is 13.5. The molecule has 3 heteroatoms. The molecule has 9 rings (SSSR count). The van der Waals surface area contributed by atoms with Gasteiger partial charge in [-0.25, -0.2) is 9.78 Å². The van der Waals surface area contributed by atoms with Gasteiger partial charge in [-0.05, 0) is 38.6 Å². The molecule has 1 fully saturated rings. The standard InChI is InChI=1S/C36H27O2P/c39-36-30-23-13-12-22-29(30)35(37-38-36,26-18-8-3-9-19-26)33-31(24-14-4-1-5-15-24)27-20-10-11-21-28(27)32(34(33)36)25-16-6-2-7-17-25/h1-23,29-30H,39H2. The summed E-state index contributed by atoms with van der Waals surface area (Å²) in [6.07, 6.45) is 8.92. The molecule has 2 bridgehead atoms. The van der Waals surface area contributed by atoms with Crippen molar-refractivity contribution in [2.75, 3.05) is 0 Å².